The second kappa shape index (κ2) is 7.59. The van der Waals surface area contributed by atoms with Crippen LogP contribution in [0, 0.1) is 0 Å². The molecule has 0 radical (unpaired) electrons. The molecule has 1 saturated carbocycles. The summed E-state index contributed by atoms with van der Waals surface area (Å²) >= 11 is 0. The van der Waals surface area contributed by atoms with Crippen molar-refractivity contribution in [2.75, 3.05) is 12.4 Å². The highest BCUT2D eigenvalue weighted by molar-refractivity contribution is 6.04. The summed E-state index contributed by atoms with van der Waals surface area (Å²) in [5, 5.41) is 3.77. The number of fused-ring (bicyclic) bond motifs is 1. The fourth-order valence-corrected chi connectivity index (χ4v) is 3.63. The van der Waals surface area contributed by atoms with Crippen molar-refractivity contribution in [2.45, 2.75) is 18.8 Å². The number of hydrogen-bond donors (Lipinski definition) is 1. The third-order valence-electron chi connectivity index (χ3n) is 5.44. The number of rotatable bonds is 5. The fourth-order valence-electron chi connectivity index (χ4n) is 3.63. The van der Waals surface area contributed by atoms with Crippen molar-refractivity contribution < 1.29 is 9.53 Å². The van der Waals surface area contributed by atoms with Crippen LogP contribution in [0.2, 0.25) is 0 Å². The molecule has 2 heterocycles. The molecule has 148 valence electrons. The Hall–Kier alpha value is -3.73. The normalized spacial score (nSPS) is 13.2. The summed E-state index contributed by atoms with van der Waals surface area (Å²) in [4.78, 5) is 21.4. The quantitative estimate of drug-likeness (QED) is 0.489. The minimum Gasteiger partial charge on any atom is -0.496 e. The van der Waals surface area contributed by atoms with Crippen LogP contribution in [0.4, 0.5) is 5.82 Å². The largest absolute Gasteiger partial charge is 0.496 e. The van der Waals surface area contributed by atoms with Crippen LogP contribution in [0.1, 0.15) is 34.7 Å². The lowest BCUT2D eigenvalue weighted by molar-refractivity contribution is 0.102. The maximum absolute atomic E-state index is 12.8. The lowest BCUT2D eigenvalue weighted by Crippen LogP contribution is -2.13. The number of carbonyl (C=O) groups is 1. The van der Waals surface area contributed by atoms with E-state index in [1.807, 2.05) is 24.3 Å². The molecular weight excluding hydrogens is 374 g/mol. The van der Waals surface area contributed by atoms with Gasteiger partial charge in [0, 0.05) is 22.7 Å². The minimum absolute atomic E-state index is 0.244. The molecule has 1 fully saturated rings. The Kier molecular flexibility index (Phi) is 4.64. The van der Waals surface area contributed by atoms with Crippen LogP contribution in [0.3, 0.4) is 0 Å². The number of benzene rings is 2. The van der Waals surface area contributed by atoms with Crippen LogP contribution < -0.4 is 10.1 Å². The number of ether oxygens (including phenoxy) is 1. The van der Waals surface area contributed by atoms with E-state index in [1.54, 1.807) is 31.5 Å². The first kappa shape index (κ1) is 18.3. The Balaban J connectivity index is 1.39. The minimum atomic E-state index is -0.244. The highest BCUT2D eigenvalue weighted by Gasteiger charge is 2.23. The molecule has 5 heteroatoms. The van der Waals surface area contributed by atoms with Gasteiger partial charge in [-0.3, -0.25) is 4.79 Å². The van der Waals surface area contributed by atoms with Gasteiger partial charge in [-0.15, -0.1) is 0 Å². The van der Waals surface area contributed by atoms with Gasteiger partial charge in [0.25, 0.3) is 5.91 Å². The molecule has 1 aliphatic rings. The smallest absolute Gasteiger partial charge is 0.256 e. The molecule has 5 nitrogen and oxygen atoms in total. The Morgan fingerprint density at radius 2 is 1.87 bits per heavy atom. The van der Waals surface area contributed by atoms with Gasteiger partial charge >= 0.3 is 0 Å². The van der Waals surface area contributed by atoms with Crippen molar-refractivity contribution in [1.82, 2.24) is 9.97 Å². The Labute approximate surface area is 174 Å². The highest BCUT2D eigenvalue weighted by atomic mass is 16.5. The summed E-state index contributed by atoms with van der Waals surface area (Å²) < 4.78 is 5.58. The van der Waals surface area contributed by atoms with Gasteiger partial charge in [-0.2, -0.15) is 0 Å². The number of pyridine rings is 2. The van der Waals surface area contributed by atoms with Crippen LogP contribution >= 0.6 is 0 Å². The van der Waals surface area contributed by atoms with Gasteiger partial charge in [0.05, 0.1) is 7.11 Å². The number of anilines is 1. The maximum atomic E-state index is 12.8. The molecule has 0 spiro atoms. The van der Waals surface area contributed by atoms with E-state index in [9.17, 15) is 4.79 Å². The number of nitrogens with one attached hydrogen (secondary N) is 1. The summed E-state index contributed by atoms with van der Waals surface area (Å²) in [6.07, 6.45) is 4.25. The van der Waals surface area contributed by atoms with Crippen LogP contribution in [0.5, 0.6) is 5.75 Å². The number of amides is 1. The van der Waals surface area contributed by atoms with E-state index in [2.05, 4.69) is 39.6 Å². The lowest BCUT2D eigenvalue weighted by Gasteiger charge is -2.12. The van der Waals surface area contributed by atoms with Crippen LogP contribution in [0.15, 0.2) is 72.9 Å². The highest BCUT2D eigenvalue weighted by Crippen LogP contribution is 2.41. The van der Waals surface area contributed by atoms with Crippen LogP contribution in [-0.4, -0.2) is 23.0 Å². The summed E-state index contributed by atoms with van der Waals surface area (Å²) in [6.45, 7) is 0. The van der Waals surface area contributed by atoms with Gasteiger partial charge in [0.2, 0.25) is 0 Å². The van der Waals surface area contributed by atoms with Crippen molar-refractivity contribution in [2.24, 2.45) is 0 Å². The predicted molar refractivity (Wildman–Crippen MR) is 118 cm³/mol. The van der Waals surface area contributed by atoms with Gasteiger partial charge in [-0.25, -0.2) is 9.97 Å². The van der Waals surface area contributed by atoms with Gasteiger partial charge < -0.3 is 10.1 Å². The zero-order chi connectivity index (χ0) is 20.5. The Morgan fingerprint density at radius 3 is 2.63 bits per heavy atom. The lowest BCUT2D eigenvalue weighted by atomic mass is 10.00. The molecular formula is C25H21N3O2. The molecule has 5 rings (SSSR count). The SMILES string of the molecule is COc1cc(C(=O)Nc2ccc3cccnc3n2)ccc1-c1ccc(C2CC2)cc1. The monoisotopic (exact) mass is 395 g/mol. The number of hydrogen-bond acceptors (Lipinski definition) is 4. The standard InChI is InChI=1S/C25H21N3O2/c1-30-22-15-20(10-12-21(22)18-8-6-17(7-9-18)16-4-5-16)25(29)28-23-13-11-19-3-2-14-26-24(19)27-23/h2-3,6-16H,4-5H2,1H3,(H,26,27,28,29). The van der Waals surface area contributed by atoms with Crippen molar-refractivity contribution in [3.8, 4) is 16.9 Å². The average Bonchev–Trinajstić information content (AvgIpc) is 3.64. The first-order chi connectivity index (χ1) is 14.7. The van der Waals surface area contributed by atoms with Crippen molar-refractivity contribution in [3.05, 3.63) is 84.1 Å². The van der Waals surface area contributed by atoms with E-state index in [4.69, 9.17) is 4.74 Å². The number of nitrogens with zero attached hydrogens (tertiary/aromatic N) is 2. The summed E-state index contributed by atoms with van der Waals surface area (Å²) in [6, 6.07) is 21.6. The van der Waals surface area contributed by atoms with Crippen molar-refractivity contribution >= 4 is 22.8 Å². The molecule has 2 aromatic carbocycles. The molecule has 30 heavy (non-hydrogen) atoms. The first-order valence-electron chi connectivity index (χ1n) is 10.0. The summed E-state index contributed by atoms with van der Waals surface area (Å²) in [5.74, 6) is 1.61. The topological polar surface area (TPSA) is 64.1 Å². The van der Waals surface area contributed by atoms with Gasteiger partial charge in [0.15, 0.2) is 5.65 Å². The molecule has 1 amide bonds. The van der Waals surface area contributed by atoms with E-state index in [-0.39, 0.29) is 5.91 Å². The van der Waals surface area contributed by atoms with E-state index in [0.29, 0.717) is 22.8 Å². The van der Waals surface area contributed by atoms with Crippen molar-refractivity contribution in [3.63, 3.8) is 0 Å². The van der Waals surface area contributed by atoms with E-state index < -0.39 is 0 Å². The molecule has 0 unspecified atom stereocenters. The predicted octanol–water partition coefficient (Wildman–Crippen LogP) is 5.44. The maximum Gasteiger partial charge on any atom is 0.256 e. The summed E-state index contributed by atoms with van der Waals surface area (Å²) in [5.41, 5.74) is 4.53. The third kappa shape index (κ3) is 3.62. The first-order valence-corrected chi connectivity index (χ1v) is 10.0. The van der Waals surface area contributed by atoms with Gasteiger partial charge in [0.1, 0.15) is 11.6 Å². The summed E-state index contributed by atoms with van der Waals surface area (Å²) in [7, 11) is 1.62. The molecule has 0 saturated heterocycles. The van der Waals surface area contributed by atoms with Crippen molar-refractivity contribution in [1.29, 1.82) is 0 Å². The molecule has 4 aromatic rings. The van der Waals surface area contributed by atoms with E-state index in [0.717, 1.165) is 22.4 Å². The average molecular weight is 395 g/mol. The molecule has 0 aliphatic heterocycles. The Bertz CT molecular complexity index is 1230. The molecule has 1 aliphatic carbocycles. The second-order valence-electron chi connectivity index (χ2n) is 7.51. The molecule has 1 N–H and O–H groups in total. The van der Waals surface area contributed by atoms with Gasteiger partial charge in [-0.1, -0.05) is 24.3 Å². The fraction of sp³-hybridized carbons (Fsp3) is 0.160. The number of carbonyl (C=O) groups excluding carboxylic acids is 1. The van der Waals surface area contributed by atoms with Gasteiger partial charge in [-0.05, 0) is 72.4 Å². The number of methoxy groups -OCH3 is 1. The Morgan fingerprint density at radius 1 is 1.03 bits per heavy atom. The zero-order valence-corrected chi connectivity index (χ0v) is 16.6. The third-order valence-corrected chi connectivity index (χ3v) is 5.44. The second-order valence-corrected chi connectivity index (χ2v) is 7.51. The molecule has 0 atom stereocenters. The van der Waals surface area contributed by atoms with Crippen LogP contribution in [0.25, 0.3) is 22.2 Å². The van der Waals surface area contributed by atoms with E-state index >= 15 is 0 Å². The molecule has 0 bridgehead atoms. The number of aromatic nitrogens is 2. The zero-order valence-electron chi connectivity index (χ0n) is 16.6. The van der Waals surface area contributed by atoms with Crippen LogP contribution in [-0.2, 0) is 0 Å². The van der Waals surface area contributed by atoms with E-state index in [1.165, 1.54) is 18.4 Å². The molecule has 2 aromatic heterocycles.